The number of amides is 2. The Balaban J connectivity index is 1.38. The first kappa shape index (κ1) is 21.2. The molecule has 0 bridgehead atoms. The molecule has 4 nitrogen and oxygen atoms in total. The summed E-state index contributed by atoms with van der Waals surface area (Å²) in [6, 6.07) is 27.3. The van der Waals surface area contributed by atoms with Gasteiger partial charge in [0.25, 0.3) is 5.91 Å². The SMILES string of the molecule is O=C(NC(Cc1ccccc1)C(=O)NC1CC1)c1ccc(SCc2ccccc2)cc1. The van der Waals surface area contributed by atoms with Gasteiger partial charge in [0.15, 0.2) is 0 Å². The Bertz CT molecular complexity index is 1000. The van der Waals surface area contributed by atoms with Gasteiger partial charge in [-0.3, -0.25) is 9.59 Å². The number of rotatable bonds is 9. The van der Waals surface area contributed by atoms with Crippen molar-refractivity contribution >= 4 is 23.6 Å². The van der Waals surface area contributed by atoms with E-state index in [1.165, 1.54) is 5.56 Å². The van der Waals surface area contributed by atoms with Crippen LogP contribution in [0, 0.1) is 0 Å². The first-order valence-corrected chi connectivity index (χ1v) is 11.6. The molecule has 1 fully saturated rings. The second-order valence-corrected chi connectivity index (χ2v) is 8.85. The highest BCUT2D eigenvalue weighted by atomic mass is 32.2. The van der Waals surface area contributed by atoms with Gasteiger partial charge in [-0.05, 0) is 48.2 Å². The molecule has 4 rings (SSSR count). The molecule has 0 heterocycles. The molecule has 3 aromatic rings. The molecule has 1 unspecified atom stereocenters. The van der Waals surface area contributed by atoms with Crippen molar-refractivity contribution in [3.63, 3.8) is 0 Å². The summed E-state index contributed by atoms with van der Waals surface area (Å²) < 4.78 is 0. The standard InChI is InChI=1S/C26H26N2O2S/c29-25(21-11-15-23(16-12-21)31-18-20-9-5-2-6-10-20)28-24(26(30)27-22-13-14-22)17-19-7-3-1-4-8-19/h1-12,15-16,22,24H,13-14,17-18H2,(H,27,30)(H,28,29). The van der Waals surface area contributed by atoms with E-state index < -0.39 is 6.04 Å². The molecule has 1 aliphatic rings. The van der Waals surface area contributed by atoms with E-state index >= 15 is 0 Å². The maximum Gasteiger partial charge on any atom is 0.251 e. The minimum atomic E-state index is -0.595. The smallest absolute Gasteiger partial charge is 0.251 e. The maximum atomic E-state index is 12.8. The minimum absolute atomic E-state index is 0.116. The summed E-state index contributed by atoms with van der Waals surface area (Å²) in [6.45, 7) is 0. The van der Waals surface area contributed by atoms with E-state index in [-0.39, 0.29) is 17.9 Å². The average Bonchev–Trinajstić information content (AvgIpc) is 3.63. The van der Waals surface area contributed by atoms with Gasteiger partial charge >= 0.3 is 0 Å². The molecule has 0 saturated heterocycles. The second-order valence-electron chi connectivity index (χ2n) is 7.80. The van der Waals surface area contributed by atoms with Crippen molar-refractivity contribution in [1.82, 2.24) is 10.6 Å². The molecule has 1 aliphatic carbocycles. The summed E-state index contributed by atoms with van der Waals surface area (Å²) in [6.07, 6.45) is 2.50. The second kappa shape index (κ2) is 10.3. The third-order valence-corrected chi connectivity index (χ3v) is 6.28. The lowest BCUT2D eigenvalue weighted by atomic mass is 10.0. The number of benzene rings is 3. The quantitative estimate of drug-likeness (QED) is 0.488. The van der Waals surface area contributed by atoms with Crippen molar-refractivity contribution in [2.75, 3.05) is 0 Å². The number of hydrogen-bond acceptors (Lipinski definition) is 3. The van der Waals surface area contributed by atoms with Gasteiger partial charge in [-0.2, -0.15) is 0 Å². The van der Waals surface area contributed by atoms with Crippen molar-refractivity contribution in [3.05, 3.63) is 102 Å². The Morgan fingerprint density at radius 3 is 2.06 bits per heavy atom. The number of carbonyl (C=O) groups is 2. The molecule has 0 spiro atoms. The lowest BCUT2D eigenvalue weighted by Crippen LogP contribution is -2.48. The molecule has 0 radical (unpaired) electrons. The average molecular weight is 431 g/mol. The third kappa shape index (κ3) is 6.46. The zero-order valence-corrected chi connectivity index (χ0v) is 18.1. The van der Waals surface area contributed by atoms with Crippen molar-refractivity contribution in [1.29, 1.82) is 0 Å². The first-order chi connectivity index (χ1) is 15.2. The monoisotopic (exact) mass is 430 g/mol. The van der Waals surface area contributed by atoms with Gasteiger partial charge in [-0.15, -0.1) is 11.8 Å². The van der Waals surface area contributed by atoms with Crippen LogP contribution >= 0.6 is 11.8 Å². The van der Waals surface area contributed by atoms with Crippen LogP contribution in [0.25, 0.3) is 0 Å². The van der Waals surface area contributed by atoms with Crippen LogP contribution in [0.5, 0.6) is 0 Å². The molecule has 0 aromatic heterocycles. The molecule has 1 atom stereocenters. The van der Waals surface area contributed by atoms with Crippen LogP contribution in [0.3, 0.4) is 0 Å². The fourth-order valence-corrected chi connectivity index (χ4v) is 4.13. The van der Waals surface area contributed by atoms with Crippen LogP contribution in [0.1, 0.15) is 34.3 Å². The molecular formula is C26H26N2O2S. The fraction of sp³-hybridized carbons (Fsp3) is 0.231. The predicted molar refractivity (Wildman–Crippen MR) is 125 cm³/mol. The van der Waals surface area contributed by atoms with Crippen LogP contribution < -0.4 is 10.6 Å². The van der Waals surface area contributed by atoms with E-state index in [4.69, 9.17) is 0 Å². The van der Waals surface area contributed by atoms with E-state index in [0.29, 0.717) is 12.0 Å². The Morgan fingerprint density at radius 2 is 1.45 bits per heavy atom. The summed E-state index contributed by atoms with van der Waals surface area (Å²) in [5, 5.41) is 5.95. The summed E-state index contributed by atoms with van der Waals surface area (Å²) in [7, 11) is 0. The minimum Gasteiger partial charge on any atom is -0.352 e. The molecular weight excluding hydrogens is 404 g/mol. The number of thioether (sulfide) groups is 1. The third-order valence-electron chi connectivity index (χ3n) is 5.19. The molecule has 2 amide bonds. The summed E-state index contributed by atoms with van der Waals surface area (Å²) >= 11 is 1.73. The van der Waals surface area contributed by atoms with E-state index in [9.17, 15) is 9.59 Å². The van der Waals surface area contributed by atoms with Crippen molar-refractivity contribution in [3.8, 4) is 0 Å². The summed E-state index contributed by atoms with van der Waals surface area (Å²) in [4.78, 5) is 26.7. The largest absolute Gasteiger partial charge is 0.352 e. The van der Waals surface area contributed by atoms with Crippen LogP contribution in [0.2, 0.25) is 0 Å². The molecule has 0 aliphatic heterocycles. The van der Waals surface area contributed by atoms with Gasteiger partial charge in [0.1, 0.15) is 6.04 Å². The van der Waals surface area contributed by atoms with Crippen LogP contribution in [-0.2, 0) is 17.0 Å². The van der Waals surface area contributed by atoms with Crippen molar-refractivity contribution < 1.29 is 9.59 Å². The van der Waals surface area contributed by atoms with E-state index in [2.05, 4.69) is 22.8 Å². The Labute approximate surface area is 187 Å². The normalized spacial score (nSPS) is 13.9. The number of nitrogens with one attached hydrogen (secondary N) is 2. The number of carbonyl (C=O) groups excluding carboxylic acids is 2. The fourth-order valence-electron chi connectivity index (χ4n) is 3.27. The summed E-state index contributed by atoms with van der Waals surface area (Å²) in [5.41, 5.74) is 2.84. The molecule has 5 heteroatoms. The maximum absolute atomic E-state index is 12.8. The van der Waals surface area contributed by atoms with E-state index in [0.717, 1.165) is 29.1 Å². The molecule has 158 valence electrons. The Hall–Kier alpha value is -3.05. The van der Waals surface area contributed by atoms with E-state index in [1.807, 2.05) is 72.8 Å². The predicted octanol–water partition coefficient (Wildman–Crippen LogP) is 4.60. The topological polar surface area (TPSA) is 58.2 Å². The zero-order chi connectivity index (χ0) is 21.5. The van der Waals surface area contributed by atoms with Crippen LogP contribution in [0.15, 0.2) is 89.8 Å². The first-order valence-electron chi connectivity index (χ1n) is 10.6. The lowest BCUT2D eigenvalue weighted by Gasteiger charge is -2.19. The van der Waals surface area contributed by atoms with Gasteiger partial charge in [-0.1, -0.05) is 60.7 Å². The van der Waals surface area contributed by atoms with Gasteiger partial charge in [0.2, 0.25) is 5.91 Å². The summed E-state index contributed by atoms with van der Waals surface area (Å²) in [5.74, 6) is 0.536. The van der Waals surface area contributed by atoms with E-state index in [1.54, 1.807) is 11.8 Å². The number of hydrogen-bond donors (Lipinski definition) is 2. The zero-order valence-electron chi connectivity index (χ0n) is 17.3. The van der Waals surface area contributed by atoms with Crippen molar-refractivity contribution in [2.24, 2.45) is 0 Å². The molecule has 1 saturated carbocycles. The molecule has 3 aromatic carbocycles. The molecule has 31 heavy (non-hydrogen) atoms. The lowest BCUT2D eigenvalue weighted by molar-refractivity contribution is -0.123. The van der Waals surface area contributed by atoms with Crippen LogP contribution in [0.4, 0.5) is 0 Å². The highest BCUT2D eigenvalue weighted by Crippen LogP contribution is 2.23. The Morgan fingerprint density at radius 1 is 0.839 bits per heavy atom. The van der Waals surface area contributed by atoms with Crippen molar-refractivity contribution in [2.45, 2.75) is 42.0 Å². The van der Waals surface area contributed by atoms with Gasteiger partial charge in [-0.25, -0.2) is 0 Å². The Kier molecular flexibility index (Phi) is 7.05. The van der Waals surface area contributed by atoms with Crippen LogP contribution in [-0.4, -0.2) is 23.9 Å². The highest BCUT2D eigenvalue weighted by Gasteiger charge is 2.28. The van der Waals surface area contributed by atoms with Gasteiger partial charge in [0, 0.05) is 28.7 Å². The van der Waals surface area contributed by atoms with Gasteiger partial charge in [0.05, 0.1) is 0 Å². The van der Waals surface area contributed by atoms with Gasteiger partial charge < -0.3 is 10.6 Å². The molecule has 2 N–H and O–H groups in total. The highest BCUT2D eigenvalue weighted by molar-refractivity contribution is 7.98.